The van der Waals surface area contributed by atoms with E-state index < -0.39 is 6.04 Å². The normalized spacial score (nSPS) is 19.2. The van der Waals surface area contributed by atoms with Gasteiger partial charge in [-0.1, -0.05) is 37.3 Å². The van der Waals surface area contributed by atoms with Crippen LogP contribution < -0.4 is 5.32 Å². The Morgan fingerprint density at radius 1 is 1.23 bits per heavy atom. The molecule has 0 bridgehead atoms. The molecule has 3 unspecified atom stereocenters. The number of rotatable bonds is 9. The lowest BCUT2D eigenvalue weighted by Crippen LogP contribution is -2.53. The van der Waals surface area contributed by atoms with E-state index in [1.54, 1.807) is 6.92 Å². The van der Waals surface area contributed by atoms with E-state index in [4.69, 9.17) is 4.74 Å². The maximum absolute atomic E-state index is 12.9. The van der Waals surface area contributed by atoms with Crippen LogP contribution in [0.2, 0.25) is 0 Å². The van der Waals surface area contributed by atoms with E-state index in [9.17, 15) is 9.59 Å². The molecule has 0 spiro atoms. The first-order chi connectivity index (χ1) is 12.6. The van der Waals surface area contributed by atoms with Crippen molar-refractivity contribution in [2.24, 2.45) is 0 Å². The summed E-state index contributed by atoms with van der Waals surface area (Å²) < 4.78 is 5.24. The highest BCUT2D eigenvalue weighted by Crippen LogP contribution is 2.18. The second-order valence-electron chi connectivity index (χ2n) is 6.98. The Morgan fingerprint density at radius 3 is 2.54 bits per heavy atom. The summed E-state index contributed by atoms with van der Waals surface area (Å²) >= 11 is 0. The average Bonchev–Trinajstić information content (AvgIpc) is 3.08. The smallest absolute Gasteiger partial charge is 0.323 e. The zero-order chi connectivity index (χ0) is 18.9. The molecule has 1 aromatic rings. The van der Waals surface area contributed by atoms with Crippen LogP contribution in [0.3, 0.4) is 0 Å². The summed E-state index contributed by atoms with van der Waals surface area (Å²) in [5.41, 5.74) is 1.18. The van der Waals surface area contributed by atoms with E-state index in [-0.39, 0.29) is 24.0 Å². The molecule has 5 heteroatoms. The third-order valence-electron chi connectivity index (χ3n) is 5.08. The number of nitrogens with one attached hydrogen (secondary N) is 1. The number of ether oxygens (including phenoxy) is 1. The monoisotopic (exact) mass is 360 g/mol. The van der Waals surface area contributed by atoms with E-state index in [1.165, 1.54) is 5.56 Å². The van der Waals surface area contributed by atoms with Gasteiger partial charge in [-0.25, -0.2) is 0 Å². The topological polar surface area (TPSA) is 58.6 Å². The fourth-order valence-corrected chi connectivity index (χ4v) is 3.54. The van der Waals surface area contributed by atoms with Crippen LogP contribution in [-0.4, -0.2) is 48.1 Å². The lowest BCUT2D eigenvalue weighted by Gasteiger charge is -2.29. The van der Waals surface area contributed by atoms with Crippen LogP contribution in [0.1, 0.15) is 52.0 Å². The number of amides is 1. The van der Waals surface area contributed by atoms with E-state index in [0.717, 1.165) is 25.8 Å². The van der Waals surface area contributed by atoms with Crippen molar-refractivity contribution in [2.45, 2.75) is 71.0 Å². The highest BCUT2D eigenvalue weighted by molar-refractivity contribution is 5.84. The Morgan fingerprint density at radius 2 is 1.96 bits per heavy atom. The van der Waals surface area contributed by atoms with Crippen molar-refractivity contribution < 1.29 is 14.3 Å². The zero-order valence-electron chi connectivity index (χ0n) is 16.2. The number of carbonyl (C=O) groups excluding carboxylic acids is 2. The van der Waals surface area contributed by atoms with Gasteiger partial charge in [0, 0.05) is 12.6 Å². The molecule has 0 radical (unpaired) electrons. The number of hydrogen-bond donors (Lipinski definition) is 1. The molecule has 0 saturated carbocycles. The fourth-order valence-electron chi connectivity index (χ4n) is 3.54. The predicted octanol–water partition coefficient (Wildman–Crippen LogP) is 2.93. The van der Waals surface area contributed by atoms with Crippen LogP contribution in [0.5, 0.6) is 0 Å². The van der Waals surface area contributed by atoms with E-state index in [2.05, 4.69) is 24.4 Å². The van der Waals surface area contributed by atoms with E-state index >= 15 is 0 Å². The largest absolute Gasteiger partial charge is 0.465 e. The van der Waals surface area contributed by atoms with Gasteiger partial charge < -0.3 is 9.64 Å². The highest BCUT2D eigenvalue weighted by Gasteiger charge is 2.32. The Kier molecular flexibility index (Phi) is 8.10. The van der Waals surface area contributed by atoms with Crippen molar-refractivity contribution in [1.82, 2.24) is 10.2 Å². The van der Waals surface area contributed by atoms with Gasteiger partial charge in [-0.2, -0.15) is 0 Å². The molecular formula is C21H32N2O3. The first-order valence-corrected chi connectivity index (χ1v) is 9.83. The first kappa shape index (κ1) is 20.4. The number of esters is 1. The van der Waals surface area contributed by atoms with Gasteiger partial charge in [0.15, 0.2) is 0 Å². The summed E-state index contributed by atoms with van der Waals surface area (Å²) in [4.78, 5) is 27.2. The van der Waals surface area contributed by atoms with Crippen LogP contribution in [-0.2, 0) is 20.7 Å². The molecule has 0 aromatic heterocycles. The van der Waals surface area contributed by atoms with E-state index in [1.807, 2.05) is 30.0 Å². The maximum atomic E-state index is 12.9. The molecule has 3 atom stereocenters. The van der Waals surface area contributed by atoms with Crippen LogP contribution in [0, 0.1) is 0 Å². The van der Waals surface area contributed by atoms with Gasteiger partial charge in [-0.15, -0.1) is 0 Å². The summed E-state index contributed by atoms with van der Waals surface area (Å²) in [6.07, 6.45) is 4.14. The molecule has 1 aliphatic rings. The molecular weight excluding hydrogens is 328 g/mol. The molecule has 1 fully saturated rings. The number of likely N-dealkylation sites (tertiary alicyclic amines) is 1. The molecule has 1 aromatic carbocycles. The number of benzene rings is 1. The third-order valence-corrected chi connectivity index (χ3v) is 5.08. The summed E-state index contributed by atoms with van der Waals surface area (Å²) in [7, 11) is 0. The van der Waals surface area contributed by atoms with Crippen molar-refractivity contribution in [3.05, 3.63) is 35.9 Å². The zero-order valence-corrected chi connectivity index (χ0v) is 16.2. The Labute approximate surface area is 157 Å². The van der Waals surface area contributed by atoms with Crippen LogP contribution >= 0.6 is 0 Å². The van der Waals surface area contributed by atoms with Crippen molar-refractivity contribution in [3.63, 3.8) is 0 Å². The second kappa shape index (κ2) is 10.3. The molecule has 1 heterocycles. The maximum Gasteiger partial charge on any atom is 0.323 e. The van der Waals surface area contributed by atoms with E-state index in [0.29, 0.717) is 19.4 Å². The van der Waals surface area contributed by atoms with Crippen molar-refractivity contribution >= 4 is 11.9 Å². The molecule has 2 rings (SSSR count). The van der Waals surface area contributed by atoms with Crippen molar-refractivity contribution in [2.75, 3.05) is 13.2 Å². The molecule has 1 aliphatic heterocycles. The molecule has 5 nitrogen and oxygen atoms in total. The van der Waals surface area contributed by atoms with Gasteiger partial charge >= 0.3 is 5.97 Å². The standard InChI is InChI=1S/C21H32N2O3/c1-4-18(20(24)23-15-9-10-16(23)3)22-19(21(25)26-5-2)14-13-17-11-7-6-8-12-17/h6-8,11-12,16,18-19,22H,4-5,9-10,13-15H2,1-3H3. The molecule has 1 N–H and O–H groups in total. The number of nitrogens with zero attached hydrogens (tertiary/aromatic N) is 1. The fraction of sp³-hybridized carbons (Fsp3) is 0.619. The molecule has 26 heavy (non-hydrogen) atoms. The molecule has 1 amide bonds. The number of aryl methyl sites for hydroxylation is 1. The number of hydrogen-bond acceptors (Lipinski definition) is 4. The van der Waals surface area contributed by atoms with Gasteiger partial charge in [-0.3, -0.25) is 14.9 Å². The quantitative estimate of drug-likeness (QED) is 0.688. The second-order valence-corrected chi connectivity index (χ2v) is 6.98. The predicted molar refractivity (Wildman–Crippen MR) is 103 cm³/mol. The van der Waals surface area contributed by atoms with Gasteiger partial charge in [0.25, 0.3) is 0 Å². The first-order valence-electron chi connectivity index (χ1n) is 9.83. The minimum atomic E-state index is -0.470. The summed E-state index contributed by atoms with van der Waals surface area (Å²) in [5.74, 6) is -0.171. The van der Waals surface area contributed by atoms with Crippen LogP contribution in [0.4, 0.5) is 0 Å². The van der Waals surface area contributed by atoms with Gasteiger partial charge in [0.05, 0.1) is 12.6 Å². The lowest BCUT2D eigenvalue weighted by molar-refractivity contribution is -0.146. The SMILES string of the molecule is CCOC(=O)C(CCc1ccccc1)NC(CC)C(=O)N1CCCC1C. The minimum Gasteiger partial charge on any atom is -0.465 e. The summed E-state index contributed by atoms with van der Waals surface area (Å²) in [5, 5.41) is 3.29. The Balaban J connectivity index is 2.03. The van der Waals surface area contributed by atoms with Crippen molar-refractivity contribution in [1.29, 1.82) is 0 Å². The van der Waals surface area contributed by atoms with Gasteiger partial charge in [0.2, 0.25) is 5.91 Å². The summed E-state index contributed by atoms with van der Waals surface area (Å²) in [6.45, 7) is 7.04. The van der Waals surface area contributed by atoms with Crippen LogP contribution in [0.25, 0.3) is 0 Å². The minimum absolute atomic E-state index is 0.103. The Bertz CT molecular complexity index is 576. The van der Waals surface area contributed by atoms with Crippen molar-refractivity contribution in [3.8, 4) is 0 Å². The third kappa shape index (κ3) is 5.56. The van der Waals surface area contributed by atoms with Crippen LogP contribution in [0.15, 0.2) is 30.3 Å². The Hall–Kier alpha value is -1.88. The van der Waals surface area contributed by atoms with Gasteiger partial charge in [0.1, 0.15) is 6.04 Å². The molecule has 1 saturated heterocycles. The average molecular weight is 360 g/mol. The number of carbonyl (C=O) groups is 2. The highest BCUT2D eigenvalue weighted by atomic mass is 16.5. The molecule has 0 aliphatic carbocycles. The molecule has 144 valence electrons. The van der Waals surface area contributed by atoms with Gasteiger partial charge in [-0.05, 0) is 51.5 Å². The summed E-state index contributed by atoms with van der Waals surface area (Å²) in [6, 6.07) is 9.54. The lowest BCUT2D eigenvalue weighted by atomic mass is 10.0.